The molecule has 0 radical (unpaired) electrons. The van der Waals surface area contributed by atoms with Gasteiger partial charge < -0.3 is 19.9 Å². The predicted molar refractivity (Wildman–Crippen MR) is 90.9 cm³/mol. The Hall–Kier alpha value is -1.74. The third kappa shape index (κ3) is 4.87. The summed E-state index contributed by atoms with van der Waals surface area (Å²) in [5.74, 6) is 1.60. The fourth-order valence-electron chi connectivity index (χ4n) is 2.84. The van der Waals surface area contributed by atoms with Crippen LogP contribution in [-0.4, -0.2) is 41.7 Å². The minimum absolute atomic E-state index is 0.504. The highest BCUT2D eigenvalue weighted by Crippen LogP contribution is 2.28. The number of hydrogen-bond acceptors (Lipinski definition) is 3. The van der Waals surface area contributed by atoms with E-state index in [4.69, 9.17) is 9.47 Å². The zero-order valence-electron chi connectivity index (χ0n) is 14.5. The third-order valence-electron chi connectivity index (χ3n) is 4.26. The van der Waals surface area contributed by atoms with Crippen LogP contribution in [0.5, 0.6) is 0 Å². The van der Waals surface area contributed by atoms with Crippen LogP contribution in [0.1, 0.15) is 58.8 Å². The molecule has 0 N–H and O–H groups in total. The van der Waals surface area contributed by atoms with Gasteiger partial charge in [-0.3, -0.25) is 0 Å². The van der Waals surface area contributed by atoms with Crippen molar-refractivity contribution in [3.05, 3.63) is 28.8 Å². The zero-order chi connectivity index (χ0) is 16.5. The van der Waals surface area contributed by atoms with Gasteiger partial charge in [0.25, 0.3) is 0 Å². The number of nitrogens with zero attached hydrogens (tertiary/aromatic N) is 3. The number of unbranched alkanes of at least 4 members (excludes halogenated alkanes) is 2. The first-order chi connectivity index (χ1) is 11.3. The van der Waals surface area contributed by atoms with Crippen molar-refractivity contribution in [3.8, 4) is 0 Å². The maximum absolute atomic E-state index is 9.33. The summed E-state index contributed by atoms with van der Waals surface area (Å²) in [5, 5.41) is 0. The van der Waals surface area contributed by atoms with E-state index in [0.717, 1.165) is 50.2 Å². The van der Waals surface area contributed by atoms with E-state index in [9.17, 15) is 5.53 Å². The molecule has 2 aliphatic rings. The molecular weight excluding hydrogens is 290 g/mol. The number of hydrogen-bond donors (Lipinski definition) is 0. The molecule has 0 atom stereocenters. The molecule has 0 aromatic rings. The Morgan fingerprint density at radius 1 is 1.09 bits per heavy atom. The zero-order valence-corrected chi connectivity index (χ0v) is 14.5. The molecule has 128 valence electrons. The van der Waals surface area contributed by atoms with Crippen molar-refractivity contribution in [3.63, 3.8) is 0 Å². The van der Waals surface area contributed by atoms with E-state index in [2.05, 4.69) is 23.5 Å². The van der Waals surface area contributed by atoms with E-state index in [1.807, 2.05) is 6.08 Å². The second-order valence-corrected chi connectivity index (χ2v) is 6.14. The van der Waals surface area contributed by atoms with Crippen LogP contribution >= 0.6 is 0 Å². The first-order valence-corrected chi connectivity index (χ1v) is 8.96. The molecule has 0 saturated carbocycles. The van der Waals surface area contributed by atoms with Crippen LogP contribution in [0.15, 0.2) is 23.3 Å². The van der Waals surface area contributed by atoms with Gasteiger partial charge in [-0.1, -0.05) is 26.7 Å². The largest absolute Gasteiger partial charge is 0.495 e. The van der Waals surface area contributed by atoms with E-state index in [1.165, 1.54) is 12.8 Å². The van der Waals surface area contributed by atoms with Crippen LogP contribution in [0.2, 0.25) is 0 Å². The van der Waals surface area contributed by atoms with Crippen molar-refractivity contribution in [2.24, 2.45) is 0 Å². The summed E-state index contributed by atoms with van der Waals surface area (Å²) in [6.45, 7) is 7.76. The van der Waals surface area contributed by atoms with Crippen LogP contribution in [0.25, 0.3) is 5.53 Å². The summed E-state index contributed by atoms with van der Waals surface area (Å²) in [6, 6.07) is 0. The summed E-state index contributed by atoms with van der Waals surface area (Å²) >= 11 is 0. The molecule has 0 aromatic carbocycles. The highest BCUT2D eigenvalue weighted by molar-refractivity contribution is 5.97. The lowest BCUT2D eigenvalue weighted by atomic mass is 10.0. The SMILES string of the molecule is CCCCOC1=CC(N2CCCC2)=C(OCCCC)CC1=[N+]=[N-]. The van der Waals surface area contributed by atoms with Gasteiger partial charge in [0.05, 0.1) is 18.9 Å². The first-order valence-electron chi connectivity index (χ1n) is 8.96. The topological polar surface area (TPSA) is 58.1 Å². The van der Waals surface area contributed by atoms with Gasteiger partial charge in [0.2, 0.25) is 5.76 Å². The normalized spacial score (nSPS) is 18.1. The maximum atomic E-state index is 9.33. The molecule has 0 unspecified atom stereocenters. The lowest BCUT2D eigenvalue weighted by molar-refractivity contribution is -0.0141. The Morgan fingerprint density at radius 2 is 1.74 bits per heavy atom. The second-order valence-electron chi connectivity index (χ2n) is 6.14. The lowest BCUT2D eigenvalue weighted by Crippen LogP contribution is -2.26. The molecule has 0 aromatic heterocycles. The summed E-state index contributed by atoms with van der Waals surface area (Å²) in [6.07, 6.45) is 9.15. The molecule has 0 bridgehead atoms. The van der Waals surface area contributed by atoms with Crippen LogP contribution in [0.3, 0.4) is 0 Å². The summed E-state index contributed by atoms with van der Waals surface area (Å²) in [4.78, 5) is 5.80. The highest BCUT2D eigenvalue weighted by atomic mass is 16.5. The molecule has 2 rings (SSSR count). The molecule has 1 heterocycles. The van der Waals surface area contributed by atoms with E-state index in [-0.39, 0.29) is 0 Å². The Morgan fingerprint density at radius 3 is 2.35 bits per heavy atom. The summed E-state index contributed by atoms with van der Waals surface area (Å²) in [5.41, 5.74) is 11.0. The number of rotatable bonds is 9. The molecule has 0 spiro atoms. The summed E-state index contributed by atoms with van der Waals surface area (Å²) < 4.78 is 11.8. The van der Waals surface area contributed by atoms with E-state index >= 15 is 0 Å². The van der Waals surface area contributed by atoms with Crippen molar-refractivity contribution in [2.45, 2.75) is 58.8 Å². The molecule has 1 aliphatic carbocycles. The fraction of sp³-hybridized carbons (Fsp3) is 0.722. The molecule has 23 heavy (non-hydrogen) atoms. The van der Waals surface area contributed by atoms with Gasteiger partial charge in [-0.25, -0.2) is 0 Å². The lowest BCUT2D eigenvalue weighted by Gasteiger charge is -2.25. The van der Waals surface area contributed by atoms with Gasteiger partial charge >= 0.3 is 5.71 Å². The van der Waals surface area contributed by atoms with E-state index in [1.54, 1.807) is 0 Å². The standard InChI is InChI=1S/C18H29N3O2/c1-3-5-11-22-17-14-16(21-9-7-8-10-21)18(13-15(17)20-19)23-12-6-4-2/h14H,3-13H2,1-2H3. The van der Waals surface area contributed by atoms with Crippen molar-refractivity contribution < 1.29 is 14.3 Å². The molecule has 1 aliphatic heterocycles. The quantitative estimate of drug-likeness (QED) is 0.368. The average molecular weight is 319 g/mol. The smallest absolute Gasteiger partial charge is 0.341 e. The Balaban J connectivity index is 2.19. The Bertz CT molecular complexity index is 498. The average Bonchev–Trinajstić information content (AvgIpc) is 3.10. The van der Waals surface area contributed by atoms with Crippen LogP contribution in [0, 0.1) is 0 Å². The van der Waals surface area contributed by atoms with Crippen molar-refractivity contribution in [1.82, 2.24) is 4.90 Å². The molecule has 1 saturated heterocycles. The minimum Gasteiger partial charge on any atom is -0.495 e. The van der Waals surface area contributed by atoms with Gasteiger partial charge in [0, 0.05) is 19.2 Å². The minimum atomic E-state index is 0.504. The monoisotopic (exact) mass is 319 g/mol. The van der Waals surface area contributed by atoms with Gasteiger partial charge in [-0.05, 0) is 25.7 Å². The fourth-order valence-corrected chi connectivity index (χ4v) is 2.84. The van der Waals surface area contributed by atoms with Gasteiger partial charge in [0.1, 0.15) is 12.2 Å². The second kappa shape index (κ2) is 9.41. The highest BCUT2D eigenvalue weighted by Gasteiger charge is 2.31. The molecular formula is C18H29N3O2. The molecule has 1 fully saturated rings. The van der Waals surface area contributed by atoms with Gasteiger partial charge in [-0.15, -0.1) is 0 Å². The van der Waals surface area contributed by atoms with Gasteiger partial charge in [-0.2, -0.15) is 4.79 Å². The predicted octanol–water partition coefficient (Wildman–Crippen LogP) is 3.89. The van der Waals surface area contributed by atoms with Crippen LogP contribution in [-0.2, 0) is 9.47 Å². The van der Waals surface area contributed by atoms with Crippen molar-refractivity contribution in [1.29, 1.82) is 0 Å². The van der Waals surface area contributed by atoms with E-state index in [0.29, 0.717) is 31.1 Å². The first kappa shape index (κ1) is 17.6. The third-order valence-corrected chi connectivity index (χ3v) is 4.26. The van der Waals surface area contributed by atoms with Crippen molar-refractivity contribution >= 4 is 5.71 Å². The number of ether oxygens (including phenoxy) is 2. The molecule has 0 amide bonds. The number of likely N-dealkylation sites (tertiary alicyclic amines) is 1. The van der Waals surface area contributed by atoms with Crippen molar-refractivity contribution in [2.75, 3.05) is 26.3 Å². The summed E-state index contributed by atoms with van der Waals surface area (Å²) in [7, 11) is 0. The van der Waals surface area contributed by atoms with E-state index < -0.39 is 0 Å². The van der Waals surface area contributed by atoms with Crippen LogP contribution in [0.4, 0.5) is 0 Å². The molecule has 5 nitrogen and oxygen atoms in total. The maximum Gasteiger partial charge on any atom is 0.341 e. The number of allylic oxidation sites excluding steroid dienone is 3. The Labute approximate surface area is 139 Å². The Kier molecular flexibility index (Phi) is 7.21. The van der Waals surface area contributed by atoms with Gasteiger partial charge in [0.15, 0.2) is 0 Å². The van der Waals surface area contributed by atoms with Crippen LogP contribution < -0.4 is 0 Å². The molecule has 5 heteroatoms.